The summed E-state index contributed by atoms with van der Waals surface area (Å²) in [5, 5.41) is 4.56. The van der Waals surface area contributed by atoms with E-state index in [0.29, 0.717) is 10.0 Å². The number of rotatable bonds is 4. The first-order valence-electron chi connectivity index (χ1n) is 9.54. The van der Waals surface area contributed by atoms with Crippen molar-refractivity contribution in [2.45, 2.75) is 18.9 Å². The first-order chi connectivity index (χ1) is 12.6. The molecule has 1 N–H and O–H groups in total. The molecule has 0 spiro atoms. The Hall–Kier alpha value is -1.01. The van der Waals surface area contributed by atoms with Gasteiger partial charge in [0.25, 0.3) is 0 Å². The van der Waals surface area contributed by atoms with Gasteiger partial charge >= 0.3 is 0 Å². The van der Waals surface area contributed by atoms with Crippen LogP contribution < -0.4 is 10.2 Å². The average Bonchev–Trinajstić information content (AvgIpc) is 3.48. The van der Waals surface area contributed by atoms with Gasteiger partial charge in [-0.25, -0.2) is 0 Å². The van der Waals surface area contributed by atoms with Crippen LogP contribution in [0.15, 0.2) is 18.2 Å². The molecule has 26 heavy (non-hydrogen) atoms. The van der Waals surface area contributed by atoms with Crippen LogP contribution in [0.3, 0.4) is 0 Å². The zero-order chi connectivity index (χ0) is 18.1. The molecule has 0 unspecified atom stereocenters. The van der Waals surface area contributed by atoms with Gasteiger partial charge in [-0.15, -0.1) is 0 Å². The maximum Gasteiger partial charge on any atom is 0.241 e. The number of halogens is 2. The highest BCUT2D eigenvalue weighted by Crippen LogP contribution is 2.30. The number of hydrogen-bond acceptors (Lipinski definition) is 4. The monoisotopic (exact) mass is 396 g/mol. The Kier molecular flexibility index (Phi) is 5.60. The fourth-order valence-electron chi connectivity index (χ4n) is 3.89. The molecule has 2 heterocycles. The van der Waals surface area contributed by atoms with Crippen LogP contribution in [-0.2, 0) is 4.79 Å². The van der Waals surface area contributed by atoms with Crippen LogP contribution >= 0.6 is 23.2 Å². The number of benzene rings is 1. The van der Waals surface area contributed by atoms with Crippen molar-refractivity contribution in [2.75, 3.05) is 57.3 Å². The summed E-state index contributed by atoms with van der Waals surface area (Å²) in [6.45, 7) is 7.13. The SMILES string of the molecule is O=C([C@H]1CN(CC2CC2)CCN1)N1CCN(c2ccc(Cl)c(Cl)c2)CC1. The molecule has 1 saturated carbocycles. The molecular weight excluding hydrogens is 371 g/mol. The second-order valence-corrected chi connectivity index (χ2v) is 8.43. The van der Waals surface area contributed by atoms with E-state index in [1.54, 1.807) is 0 Å². The predicted molar refractivity (Wildman–Crippen MR) is 106 cm³/mol. The lowest BCUT2D eigenvalue weighted by Gasteiger charge is -2.40. The topological polar surface area (TPSA) is 38.8 Å². The minimum Gasteiger partial charge on any atom is -0.368 e. The molecule has 0 bridgehead atoms. The number of piperazine rings is 2. The molecule has 3 fully saturated rings. The average molecular weight is 397 g/mol. The first-order valence-corrected chi connectivity index (χ1v) is 10.3. The summed E-state index contributed by atoms with van der Waals surface area (Å²) in [6, 6.07) is 5.67. The summed E-state index contributed by atoms with van der Waals surface area (Å²) in [6.07, 6.45) is 2.72. The van der Waals surface area contributed by atoms with Gasteiger partial charge in [0.05, 0.1) is 16.1 Å². The van der Waals surface area contributed by atoms with Gasteiger partial charge in [0.15, 0.2) is 0 Å². The van der Waals surface area contributed by atoms with Crippen LogP contribution in [0.5, 0.6) is 0 Å². The van der Waals surface area contributed by atoms with Crippen LogP contribution in [-0.4, -0.2) is 74.1 Å². The summed E-state index contributed by atoms with van der Waals surface area (Å²) in [7, 11) is 0. The van der Waals surface area contributed by atoms with E-state index < -0.39 is 0 Å². The summed E-state index contributed by atoms with van der Waals surface area (Å²) >= 11 is 12.1. The van der Waals surface area contributed by atoms with Gasteiger partial charge in [-0.1, -0.05) is 23.2 Å². The van der Waals surface area contributed by atoms with Crippen LogP contribution in [0.25, 0.3) is 0 Å². The smallest absolute Gasteiger partial charge is 0.241 e. The molecule has 0 aromatic heterocycles. The van der Waals surface area contributed by atoms with Crippen molar-refractivity contribution in [3.8, 4) is 0 Å². The third-order valence-electron chi connectivity index (χ3n) is 5.63. The van der Waals surface area contributed by atoms with E-state index in [1.165, 1.54) is 12.8 Å². The van der Waals surface area contributed by atoms with Gasteiger partial charge in [-0.3, -0.25) is 9.69 Å². The van der Waals surface area contributed by atoms with Crippen LogP contribution in [0.2, 0.25) is 10.0 Å². The highest BCUT2D eigenvalue weighted by Gasteiger charge is 2.33. The van der Waals surface area contributed by atoms with Gasteiger partial charge in [-0.05, 0) is 37.0 Å². The van der Waals surface area contributed by atoms with Gasteiger partial charge in [-0.2, -0.15) is 0 Å². The molecule has 0 radical (unpaired) electrons. The van der Waals surface area contributed by atoms with Crippen LogP contribution in [0.1, 0.15) is 12.8 Å². The number of nitrogens with zero attached hydrogens (tertiary/aromatic N) is 3. The Morgan fingerprint density at radius 3 is 2.54 bits per heavy atom. The van der Waals surface area contributed by atoms with Crippen molar-refractivity contribution >= 4 is 34.8 Å². The molecule has 1 aliphatic carbocycles. The second-order valence-electron chi connectivity index (χ2n) is 7.62. The van der Waals surface area contributed by atoms with Gasteiger partial charge < -0.3 is 15.1 Å². The molecular formula is C19H26Cl2N4O. The molecule has 2 aliphatic heterocycles. The lowest BCUT2D eigenvalue weighted by molar-refractivity contribution is -0.135. The standard InChI is InChI=1S/C19H26Cl2N4O/c20-16-4-3-15(11-17(16)21)24-7-9-25(10-8-24)19(26)18-13-23(6-5-22-18)12-14-1-2-14/h3-4,11,14,18,22H,1-2,5-10,12-13H2/t18-/m1/s1. The molecule has 1 aromatic carbocycles. The number of carbonyl (C=O) groups is 1. The van der Waals surface area contributed by atoms with E-state index >= 15 is 0 Å². The van der Waals surface area contributed by atoms with E-state index in [2.05, 4.69) is 15.1 Å². The quantitative estimate of drug-likeness (QED) is 0.847. The highest BCUT2D eigenvalue weighted by molar-refractivity contribution is 6.42. The Balaban J connectivity index is 1.30. The molecule has 142 valence electrons. The Labute approximate surface area is 165 Å². The van der Waals surface area contributed by atoms with Crippen molar-refractivity contribution in [1.29, 1.82) is 0 Å². The maximum absolute atomic E-state index is 12.9. The van der Waals surface area contributed by atoms with Crippen molar-refractivity contribution in [3.05, 3.63) is 28.2 Å². The van der Waals surface area contributed by atoms with E-state index in [0.717, 1.165) is 64.0 Å². The normalized spacial score (nSPS) is 24.8. The summed E-state index contributed by atoms with van der Waals surface area (Å²) < 4.78 is 0. The van der Waals surface area contributed by atoms with E-state index in [1.807, 2.05) is 23.1 Å². The van der Waals surface area contributed by atoms with Crippen molar-refractivity contribution in [1.82, 2.24) is 15.1 Å². The third-order valence-corrected chi connectivity index (χ3v) is 6.37. The van der Waals surface area contributed by atoms with Gasteiger partial charge in [0.2, 0.25) is 5.91 Å². The van der Waals surface area contributed by atoms with E-state index in [-0.39, 0.29) is 11.9 Å². The zero-order valence-electron chi connectivity index (χ0n) is 15.0. The fraction of sp³-hybridized carbons (Fsp3) is 0.632. The molecule has 3 aliphatic rings. The lowest BCUT2D eigenvalue weighted by atomic mass is 10.1. The summed E-state index contributed by atoms with van der Waals surface area (Å²) in [4.78, 5) is 19.7. The number of amides is 1. The third kappa shape index (κ3) is 4.28. The molecule has 5 nitrogen and oxygen atoms in total. The zero-order valence-corrected chi connectivity index (χ0v) is 16.5. The van der Waals surface area contributed by atoms with Crippen LogP contribution in [0.4, 0.5) is 5.69 Å². The number of hydrogen-bond donors (Lipinski definition) is 1. The first kappa shape index (κ1) is 18.4. The van der Waals surface area contributed by atoms with Crippen molar-refractivity contribution < 1.29 is 4.79 Å². The lowest BCUT2D eigenvalue weighted by Crippen LogP contribution is -2.60. The summed E-state index contributed by atoms with van der Waals surface area (Å²) in [5.41, 5.74) is 1.07. The number of anilines is 1. The molecule has 7 heteroatoms. The van der Waals surface area contributed by atoms with E-state index in [4.69, 9.17) is 23.2 Å². The molecule has 2 saturated heterocycles. The Bertz CT molecular complexity index is 659. The minimum atomic E-state index is -0.0565. The maximum atomic E-state index is 12.9. The molecule has 1 amide bonds. The fourth-order valence-corrected chi connectivity index (χ4v) is 4.19. The number of carbonyl (C=O) groups excluding carboxylic acids is 1. The highest BCUT2D eigenvalue weighted by atomic mass is 35.5. The largest absolute Gasteiger partial charge is 0.368 e. The molecule has 1 atom stereocenters. The Morgan fingerprint density at radius 2 is 1.85 bits per heavy atom. The number of nitrogens with one attached hydrogen (secondary N) is 1. The second kappa shape index (κ2) is 7.93. The Morgan fingerprint density at radius 1 is 1.08 bits per heavy atom. The molecule has 1 aromatic rings. The van der Waals surface area contributed by atoms with Crippen molar-refractivity contribution in [3.63, 3.8) is 0 Å². The van der Waals surface area contributed by atoms with Crippen LogP contribution in [0, 0.1) is 5.92 Å². The predicted octanol–water partition coefficient (Wildman–Crippen LogP) is 2.33. The van der Waals surface area contributed by atoms with E-state index in [9.17, 15) is 4.79 Å². The van der Waals surface area contributed by atoms with Gasteiger partial charge in [0.1, 0.15) is 0 Å². The van der Waals surface area contributed by atoms with Crippen molar-refractivity contribution in [2.24, 2.45) is 5.92 Å². The summed E-state index contributed by atoms with van der Waals surface area (Å²) in [5.74, 6) is 1.12. The van der Waals surface area contributed by atoms with Gasteiger partial charge in [0, 0.05) is 58.0 Å². The minimum absolute atomic E-state index is 0.0565. The molecule has 4 rings (SSSR count).